The molecule has 0 fully saturated rings. The van der Waals surface area contributed by atoms with Gasteiger partial charge in [-0.1, -0.05) is 17.3 Å². The molecule has 22 heavy (non-hydrogen) atoms. The Bertz CT molecular complexity index is 854. The number of carbonyl (C=O) groups excluding carboxylic acids is 1. The van der Waals surface area contributed by atoms with Crippen LogP contribution in [0.1, 0.15) is 11.8 Å². The van der Waals surface area contributed by atoms with Gasteiger partial charge >= 0.3 is 0 Å². The lowest BCUT2D eigenvalue weighted by Gasteiger charge is -2.02. The Morgan fingerprint density at radius 2 is 2.18 bits per heavy atom. The topological polar surface area (TPSA) is 72.2 Å². The summed E-state index contributed by atoms with van der Waals surface area (Å²) in [5, 5.41) is 12.1. The van der Waals surface area contributed by atoms with Gasteiger partial charge in [0.2, 0.25) is 0 Å². The van der Waals surface area contributed by atoms with Crippen LogP contribution in [0.15, 0.2) is 45.3 Å². The number of benzene rings is 1. The van der Waals surface area contributed by atoms with E-state index in [0.29, 0.717) is 0 Å². The van der Waals surface area contributed by atoms with E-state index in [1.807, 2.05) is 43.3 Å². The van der Waals surface area contributed by atoms with Gasteiger partial charge in [0.05, 0.1) is 19.9 Å². The van der Waals surface area contributed by atoms with Crippen LogP contribution in [-0.2, 0) is 11.3 Å². The normalized spacial score (nSPS) is 11.8. The lowest BCUT2D eigenvalue weighted by atomic mass is 10.3. The van der Waals surface area contributed by atoms with E-state index in [2.05, 4.69) is 36.8 Å². The zero-order chi connectivity index (χ0) is 15.5. The number of nitrogens with zero attached hydrogens (tertiary/aromatic N) is 4. The summed E-state index contributed by atoms with van der Waals surface area (Å²) in [6.07, 6.45) is 0. The minimum Gasteiger partial charge on any atom is -0.271 e. The number of halogens is 1. The van der Waals surface area contributed by atoms with E-state index >= 15 is 0 Å². The van der Waals surface area contributed by atoms with Crippen LogP contribution in [0.2, 0.25) is 0 Å². The number of thiophene rings is 1. The summed E-state index contributed by atoms with van der Waals surface area (Å²) in [7, 11) is 0. The molecule has 3 rings (SSSR count). The van der Waals surface area contributed by atoms with Crippen LogP contribution in [0.25, 0.3) is 11.0 Å². The summed E-state index contributed by atoms with van der Waals surface area (Å²) in [5.74, 6) is -0.245. The van der Waals surface area contributed by atoms with Gasteiger partial charge < -0.3 is 0 Å². The number of carbonyl (C=O) groups is 1. The van der Waals surface area contributed by atoms with E-state index < -0.39 is 0 Å². The SMILES string of the molecule is C/C(=N/NC(=O)Cn1nnc2ccccc21)c1ccc(Br)s1. The molecule has 6 nitrogen and oxygen atoms in total. The van der Waals surface area contributed by atoms with Crippen molar-refractivity contribution in [3.05, 3.63) is 45.1 Å². The molecule has 0 saturated carbocycles. The molecule has 0 spiro atoms. The van der Waals surface area contributed by atoms with Crippen LogP contribution < -0.4 is 5.43 Å². The maximum atomic E-state index is 12.0. The van der Waals surface area contributed by atoms with Gasteiger partial charge in [-0.05, 0) is 47.1 Å². The monoisotopic (exact) mass is 377 g/mol. The minimum atomic E-state index is -0.245. The average Bonchev–Trinajstić information content (AvgIpc) is 3.12. The van der Waals surface area contributed by atoms with E-state index in [-0.39, 0.29) is 12.5 Å². The van der Waals surface area contributed by atoms with Gasteiger partial charge in [0.25, 0.3) is 5.91 Å². The maximum absolute atomic E-state index is 12.0. The predicted molar refractivity (Wildman–Crippen MR) is 89.9 cm³/mol. The quantitative estimate of drug-likeness (QED) is 0.561. The first kappa shape index (κ1) is 14.9. The van der Waals surface area contributed by atoms with Crippen LogP contribution >= 0.6 is 27.3 Å². The van der Waals surface area contributed by atoms with Crippen molar-refractivity contribution in [2.24, 2.45) is 5.10 Å². The molecule has 1 N–H and O–H groups in total. The Kier molecular flexibility index (Phi) is 4.30. The summed E-state index contributed by atoms with van der Waals surface area (Å²) in [4.78, 5) is 13.0. The number of nitrogens with one attached hydrogen (secondary N) is 1. The van der Waals surface area contributed by atoms with Crippen molar-refractivity contribution in [2.45, 2.75) is 13.5 Å². The Hall–Kier alpha value is -2.06. The molecule has 2 aromatic heterocycles. The second kappa shape index (κ2) is 6.37. The van der Waals surface area contributed by atoms with Crippen LogP contribution in [0.5, 0.6) is 0 Å². The molecule has 0 saturated heterocycles. The molecule has 3 aromatic rings. The fraction of sp³-hybridized carbons (Fsp3) is 0.143. The molecule has 0 aliphatic heterocycles. The van der Waals surface area contributed by atoms with E-state index in [0.717, 1.165) is 25.4 Å². The van der Waals surface area contributed by atoms with Gasteiger partial charge in [0, 0.05) is 0 Å². The van der Waals surface area contributed by atoms with Crippen LogP contribution in [-0.4, -0.2) is 26.6 Å². The maximum Gasteiger partial charge on any atom is 0.261 e. The van der Waals surface area contributed by atoms with Gasteiger partial charge in [0.15, 0.2) is 0 Å². The number of para-hydroxylation sites is 1. The Labute approximate surface area is 139 Å². The first-order valence-corrected chi connectivity index (χ1v) is 8.11. The lowest BCUT2D eigenvalue weighted by molar-refractivity contribution is -0.121. The molecule has 0 atom stereocenters. The molecule has 0 unspecified atom stereocenters. The molecular formula is C14H12BrN5OS. The molecular weight excluding hydrogens is 366 g/mol. The smallest absolute Gasteiger partial charge is 0.261 e. The third kappa shape index (κ3) is 3.23. The summed E-state index contributed by atoms with van der Waals surface area (Å²) < 4.78 is 2.58. The van der Waals surface area contributed by atoms with Crippen molar-refractivity contribution in [1.29, 1.82) is 0 Å². The highest BCUT2D eigenvalue weighted by atomic mass is 79.9. The number of hydrazone groups is 1. The van der Waals surface area contributed by atoms with Crippen molar-refractivity contribution in [3.63, 3.8) is 0 Å². The van der Waals surface area contributed by atoms with Crippen molar-refractivity contribution in [1.82, 2.24) is 20.4 Å². The number of amides is 1. The van der Waals surface area contributed by atoms with Crippen LogP contribution in [0, 0.1) is 0 Å². The largest absolute Gasteiger partial charge is 0.271 e. The lowest BCUT2D eigenvalue weighted by Crippen LogP contribution is -2.24. The fourth-order valence-electron chi connectivity index (χ4n) is 1.92. The van der Waals surface area contributed by atoms with E-state index in [1.165, 1.54) is 0 Å². The Morgan fingerprint density at radius 3 is 2.95 bits per heavy atom. The third-order valence-electron chi connectivity index (χ3n) is 2.99. The summed E-state index contributed by atoms with van der Waals surface area (Å²) in [5.41, 5.74) is 4.88. The van der Waals surface area contributed by atoms with Gasteiger partial charge in [-0.2, -0.15) is 5.10 Å². The van der Waals surface area contributed by atoms with Crippen molar-refractivity contribution in [2.75, 3.05) is 0 Å². The molecule has 2 heterocycles. The van der Waals surface area contributed by atoms with Gasteiger partial charge in [-0.25, -0.2) is 10.1 Å². The fourth-order valence-corrected chi connectivity index (χ4v) is 3.25. The Morgan fingerprint density at radius 1 is 1.36 bits per heavy atom. The number of rotatable bonds is 4. The van der Waals surface area contributed by atoms with E-state index in [4.69, 9.17) is 0 Å². The molecule has 0 aliphatic carbocycles. The van der Waals surface area contributed by atoms with E-state index in [1.54, 1.807) is 16.0 Å². The van der Waals surface area contributed by atoms with Crippen molar-refractivity contribution in [3.8, 4) is 0 Å². The standard InChI is InChI=1S/C14H12BrN5OS/c1-9(12-6-7-13(15)22-12)16-18-14(21)8-20-11-5-3-2-4-10(11)17-19-20/h2-7H,8H2,1H3,(H,18,21)/b16-9-. The second-order valence-electron chi connectivity index (χ2n) is 4.57. The first-order valence-electron chi connectivity index (χ1n) is 6.50. The summed E-state index contributed by atoms with van der Waals surface area (Å²) in [6, 6.07) is 11.4. The Balaban J connectivity index is 1.68. The van der Waals surface area contributed by atoms with Crippen LogP contribution in [0.4, 0.5) is 0 Å². The van der Waals surface area contributed by atoms with Gasteiger partial charge in [0.1, 0.15) is 12.1 Å². The number of aromatic nitrogens is 3. The number of hydrogen-bond donors (Lipinski definition) is 1. The molecule has 0 aliphatic rings. The molecule has 1 amide bonds. The highest BCUT2D eigenvalue weighted by Gasteiger charge is 2.08. The predicted octanol–water partition coefficient (Wildman–Crippen LogP) is 2.80. The zero-order valence-electron chi connectivity index (χ0n) is 11.7. The molecule has 1 aromatic carbocycles. The summed E-state index contributed by atoms with van der Waals surface area (Å²) >= 11 is 4.96. The third-order valence-corrected chi connectivity index (χ3v) is 4.72. The molecule has 8 heteroatoms. The molecule has 0 bridgehead atoms. The van der Waals surface area contributed by atoms with Gasteiger partial charge in [-0.15, -0.1) is 16.4 Å². The zero-order valence-corrected chi connectivity index (χ0v) is 14.1. The van der Waals surface area contributed by atoms with Crippen molar-refractivity contribution < 1.29 is 4.79 Å². The van der Waals surface area contributed by atoms with Crippen molar-refractivity contribution >= 4 is 49.9 Å². The first-order chi connectivity index (χ1) is 10.6. The summed E-state index contributed by atoms with van der Waals surface area (Å²) in [6.45, 7) is 1.93. The minimum absolute atomic E-state index is 0.0748. The highest BCUT2D eigenvalue weighted by Crippen LogP contribution is 2.22. The molecule has 0 radical (unpaired) electrons. The average molecular weight is 378 g/mol. The number of fused-ring (bicyclic) bond motifs is 1. The second-order valence-corrected chi connectivity index (χ2v) is 7.03. The van der Waals surface area contributed by atoms with E-state index in [9.17, 15) is 4.79 Å². The highest BCUT2D eigenvalue weighted by molar-refractivity contribution is 9.11. The number of hydrogen-bond acceptors (Lipinski definition) is 5. The van der Waals surface area contributed by atoms with Gasteiger partial charge in [-0.3, -0.25) is 4.79 Å². The van der Waals surface area contributed by atoms with Crippen LogP contribution in [0.3, 0.4) is 0 Å². The molecule has 112 valence electrons.